The largest absolute Gasteiger partial charge is 0.394 e. The molecule has 0 spiro atoms. The number of alkyl halides is 1. The third-order valence-electron chi connectivity index (χ3n) is 4.86. The first-order valence-corrected chi connectivity index (χ1v) is 9.34. The molecule has 2 aromatic heterocycles. The van der Waals surface area contributed by atoms with E-state index >= 15 is 0 Å². The van der Waals surface area contributed by atoms with Crippen molar-refractivity contribution in [2.24, 2.45) is 0 Å². The van der Waals surface area contributed by atoms with Crippen LogP contribution in [-0.4, -0.2) is 57.3 Å². The molecule has 4 rings (SSSR count). The van der Waals surface area contributed by atoms with Crippen molar-refractivity contribution in [3.8, 4) is 0 Å². The number of aliphatic hydroxyl groups excluding tert-OH is 2. The average molecular weight is 483 g/mol. The Labute approximate surface area is 168 Å². The van der Waals surface area contributed by atoms with Gasteiger partial charge in [0.2, 0.25) is 0 Å². The Balaban J connectivity index is 1.95. The molecule has 0 amide bonds. The Bertz CT molecular complexity index is 966. The molecule has 3 aromatic rings. The number of rotatable bonds is 4. The van der Waals surface area contributed by atoms with Crippen LogP contribution in [0.25, 0.3) is 11.2 Å². The van der Waals surface area contributed by atoms with Crippen LogP contribution in [0.15, 0.2) is 43.0 Å². The molecule has 27 heavy (non-hydrogen) atoms. The Kier molecular flexibility index (Phi) is 4.55. The molecule has 1 aliphatic rings. The van der Waals surface area contributed by atoms with Gasteiger partial charge in [-0.15, -0.1) is 0 Å². The molecule has 4 atom stereocenters. The number of nitrogen functional groups attached to an aromatic ring is 1. The van der Waals surface area contributed by atoms with Gasteiger partial charge in [-0.1, -0.05) is 30.3 Å². The third kappa shape index (κ3) is 2.70. The fraction of sp³-hybridized carbons (Fsp3) is 0.353. The molecule has 10 heteroatoms. The predicted octanol–water partition coefficient (Wildman–Crippen LogP) is 0.180. The molecule has 0 bridgehead atoms. The Hall–Kier alpha value is -1.86. The maximum atomic E-state index is 11.3. The van der Waals surface area contributed by atoms with Crippen molar-refractivity contribution in [2.45, 2.75) is 28.0 Å². The number of fused-ring (bicyclic) bond motifs is 1. The molecule has 1 saturated heterocycles. The number of aliphatic hydroxyl groups is 3. The van der Waals surface area contributed by atoms with E-state index in [1.807, 2.05) is 30.3 Å². The summed E-state index contributed by atoms with van der Waals surface area (Å²) < 4.78 is 5.86. The SMILES string of the molecule is Nc1ncnc2c1ncn2[C@]1(Cc2ccccc2)O[C@H](CO)[C@@H](O)[C@]1(O)I. The summed E-state index contributed by atoms with van der Waals surface area (Å²) >= 11 is 1.76. The quantitative estimate of drug-likeness (QED) is 0.305. The zero-order valence-electron chi connectivity index (χ0n) is 14.1. The minimum Gasteiger partial charge on any atom is -0.394 e. The molecule has 1 fully saturated rings. The zero-order chi connectivity index (χ0) is 19.2. The number of imidazole rings is 1. The number of anilines is 1. The molecule has 3 heterocycles. The van der Waals surface area contributed by atoms with Crippen LogP contribution < -0.4 is 5.73 Å². The highest BCUT2D eigenvalue weighted by molar-refractivity contribution is 14.1. The molecule has 142 valence electrons. The van der Waals surface area contributed by atoms with Crippen molar-refractivity contribution in [3.63, 3.8) is 0 Å². The van der Waals surface area contributed by atoms with Gasteiger partial charge in [-0.05, 0) is 28.2 Å². The van der Waals surface area contributed by atoms with Crippen molar-refractivity contribution in [1.82, 2.24) is 19.5 Å². The summed E-state index contributed by atoms with van der Waals surface area (Å²) in [6, 6.07) is 9.40. The van der Waals surface area contributed by atoms with Gasteiger partial charge in [0.1, 0.15) is 24.1 Å². The van der Waals surface area contributed by atoms with Crippen LogP contribution in [-0.2, 0) is 16.9 Å². The molecule has 5 N–H and O–H groups in total. The second-order valence-corrected chi connectivity index (χ2v) is 8.09. The van der Waals surface area contributed by atoms with Crippen molar-refractivity contribution >= 4 is 39.6 Å². The van der Waals surface area contributed by atoms with Gasteiger partial charge < -0.3 is 25.8 Å². The van der Waals surface area contributed by atoms with Gasteiger partial charge in [0.05, 0.1) is 12.9 Å². The van der Waals surface area contributed by atoms with E-state index in [0.29, 0.717) is 11.2 Å². The van der Waals surface area contributed by atoms with Crippen LogP contribution in [0.1, 0.15) is 5.56 Å². The molecule has 9 nitrogen and oxygen atoms in total. The zero-order valence-corrected chi connectivity index (χ0v) is 16.3. The molecule has 0 saturated carbocycles. The van der Waals surface area contributed by atoms with Crippen molar-refractivity contribution in [2.75, 3.05) is 12.3 Å². The predicted molar refractivity (Wildman–Crippen MR) is 105 cm³/mol. The van der Waals surface area contributed by atoms with Gasteiger partial charge >= 0.3 is 0 Å². The minimum atomic E-state index is -1.78. The summed E-state index contributed by atoms with van der Waals surface area (Å²) in [5.74, 6) is 0.197. The van der Waals surface area contributed by atoms with Crippen LogP contribution >= 0.6 is 22.6 Å². The summed E-state index contributed by atoms with van der Waals surface area (Å²) in [6.45, 7) is -0.452. The monoisotopic (exact) mass is 483 g/mol. The first kappa shape index (κ1) is 18.5. The van der Waals surface area contributed by atoms with E-state index < -0.39 is 28.1 Å². The molecule has 0 unspecified atom stereocenters. The van der Waals surface area contributed by atoms with Crippen LogP contribution in [0, 0.1) is 0 Å². The van der Waals surface area contributed by atoms with E-state index in [0.717, 1.165) is 5.56 Å². The van der Waals surface area contributed by atoms with Gasteiger partial charge in [-0.25, -0.2) is 15.0 Å². The fourth-order valence-electron chi connectivity index (χ4n) is 3.48. The van der Waals surface area contributed by atoms with E-state index in [1.54, 1.807) is 27.2 Å². The van der Waals surface area contributed by atoms with Crippen LogP contribution in [0.4, 0.5) is 5.82 Å². The van der Waals surface area contributed by atoms with Gasteiger partial charge in [0, 0.05) is 6.42 Å². The highest BCUT2D eigenvalue weighted by atomic mass is 127. The highest BCUT2D eigenvalue weighted by Crippen LogP contribution is 2.50. The molecular weight excluding hydrogens is 465 g/mol. The van der Waals surface area contributed by atoms with Crippen molar-refractivity contribution in [3.05, 3.63) is 48.5 Å². The number of hydrogen-bond donors (Lipinski definition) is 4. The summed E-state index contributed by atoms with van der Waals surface area (Å²) in [4.78, 5) is 12.4. The number of benzene rings is 1. The van der Waals surface area contributed by atoms with E-state index in [1.165, 1.54) is 12.7 Å². The average Bonchev–Trinajstić information content (AvgIpc) is 3.17. The molecule has 1 aliphatic heterocycles. The van der Waals surface area contributed by atoms with Crippen molar-refractivity contribution < 1.29 is 20.1 Å². The van der Waals surface area contributed by atoms with Gasteiger partial charge in [-0.2, -0.15) is 0 Å². The number of aromatic nitrogens is 4. The summed E-state index contributed by atoms with van der Waals surface area (Å²) in [5, 5.41) is 31.6. The van der Waals surface area contributed by atoms with Crippen molar-refractivity contribution in [1.29, 1.82) is 0 Å². The standard InChI is InChI=1S/C17H18IN5O4/c18-17(26)13(25)11(7-24)27-16(17,6-10-4-2-1-3-5-10)23-9-22-12-14(19)20-8-21-15(12)23/h1-5,8-9,11,13,24-26H,6-7H2,(H2,19,20,21)/t11-,13-,16-,17-/m1/s1. The summed E-state index contributed by atoms with van der Waals surface area (Å²) in [5.41, 5.74) is 6.00. The van der Waals surface area contributed by atoms with E-state index in [9.17, 15) is 15.3 Å². The number of hydrogen-bond acceptors (Lipinski definition) is 8. The summed E-state index contributed by atoms with van der Waals surface area (Å²) in [7, 11) is 0. The van der Waals surface area contributed by atoms with Crippen LogP contribution in [0.2, 0.25) is 0 Å². The molecular formula is C17H18IN5O4. The van der Waals surface area contributed by atoms with Gasteiger partial charge in [0.15, 0.2) is 20.8 Å². The lowest BCUT2D eigenvalue weighted by atomic mass is 9.94. The summed E-state index contributed by atoms with van der Waals surface area (Å²) in [6.07, 6.45) is 0.647. The Morgan fingerprint density at radius 1 is 1.22 bits per heavy atom. The third-order valence-corrected chi connectivity index (χ3v) is 6.34. The van der Waals surface area contributed by atoms with E-state index in [2.05, 4.69) is 15.0 Å². The number of nitrogens with two attached hydrogens (primary N) is 1. The van der Waals surface area contributed by atoms with Gasteiger partial charge in [-0.3, -0.25) is 4.57 Å². The Morgan fingerprint density at radius 3 is 2.63 bits per heavy atom. The second kappa shape index (κ2) is 6.63. The van der Waals surface area contributed by atoms with Crippen LogP contribution in [0.3, 0.4) is 0 Å². The maximum absolute atomic E-state index is 11.3. The minimum absolute atomic E-state index is 0.197. The van der Waals surface area contributed by atoms with Crippen LogP contribution in [0.5, 0.6) is 0 Å². The lowest BCUT2D eigenvalue weighted by molar-refractivity contribution is -0.150. The molecule has 0 aliphatic carbocycles. The lowest BCUT2D eigenvalue weighted by Crippen LogP contribution is -2.54. The maximum Gasteiger partial charge on any atom is 0.192 e. The van der Waals surface area contributed by atoms with Gasteiger partial charge in [0.25, 0.3) is 0 Å². The fourth-order valence-corrected chi connectivity index (χ4v) is 4.46. The first-order valence-electron chi connectivity index (χ1n) is 8.26. The number of nitrogens with zero attached hydrogens (tertiary/aromatic N) is 4. The Morgan fingerprint density at radius 2 is 1.96 bits per heavy atom. The lowest BCUT2D eigenvalue weighted by Gasteiger charge is -2.39. The number of ether oxygens (including phenoxy) is 1. The second-order valence-electron chi connectivity index (χ2n) is 6.45. The van der Waals surface area contributed by atoms with E-state index in [-0.39, 0.29) is 12.2 Å². The molecule has 0 radical (unpaired) electrons. The smallest absolute Gasteiger partial charge is 0.192 e. The first-order chi connectivity index (χ1) is 12.9. The topological polar surface area (TPSA) is 140 Å². The highest BCUT2D eigenvalue weighted by Gasteiger charge is 2.65. The number of halogens is 1. The normalized spacial score (nSPS) is 30.8. The molecule has 1 aromatic carbocycles. The van der Waals surface area contributed by atoms with E-state index in [4.69, 9.17) is 10.5 Å².